The first kappa shape index (κ1) is 37.8. The van der Waals surface area contributed by atoms with Crippen molar-refractivity contribution in [2.45, 2.75) is 95.9 Å². The lowest BCUT2D eigenvalue weighted by Crippen LogP contribution is -2.67. The van der Waals surface area contributed by atoms with E-state index >= 15 is 0 Å². The van der Waals surface area contributed by atoms with Crippen LogP contribution in [0.25, 0.3) is 11.3 Å². The van der Waals surface area contributed by atoms with Gasteiger partial charge in [0, 0.05) is 48.7 Å². The first-order valence-corrected chi connectivity index (χ1v) is 19.5. The molecule has 6 N–H and O–H groups in total. The standard InChI is InChI=1S/C41H49N7O7/c42-36-33(20-30(46-47-36)28-11-8-9-12-32(28)49)55-25-41-21-40(22-41,23-41)24-44-34(50)13-7-5-3-1-2-4-6-10-18-43-26-14-15-27-29(19-26)39(54)48(38(27)53)31-16-17-35(51)45-37(31)52/h8-9,11-12,14-15,19-20,31,43,49H,1-7,10,13,16-18,21-25H2,(H2,42,47)(H,44,50)(H,45,51,52). The van der Waals surface area contributed by atoms with Gasteiger partial charge in [-0.3, -0.25) is 34.2 Å². The smallest absolute Gasteiger partial charge is 0.262 e. The van der Waals surface area contributed by atoms with Crippen molar-refractivity contribution >= 4 is 41.0 Å². The quantitative estimate of drug-likeness (QED) is 0.0803. The molecule has 1 saturated heterocycles. The molecule has 2 aromatic carbocycles. The average Bonchev–Trinajstić information content (AvgIpc) is 3.38. The minimum atomic E-state index is -0.968. The molecule has 3 heterocycles. The van der Waals surface area contributed by atoms with Crippen molar-refractivity contribution in [2.24, 2.45) is 10.8 Å². The number of rotatable bonds is 19. The maximum Gasteiger partial charge on any atom is 0.262 e. The van der Waals surface area contributed by atoms with Crippen LogP contribution >= 0.6 is 0 Å². The molecular weight excluding hydrogens is 702 g/mol. The Kier molecular flexibility index (Phi) is 11.0. The molecule has 0 radical (unpaired) electrons. The van der Waals surface area contributed by atoms with Crippen molar-refractivity contribution in [2.75, 3.05) is 30.7 Å². The zero-order valence-electron chi connectivity index (χ0n) is 31.0. The van der Waals surface area contributed by atoms with Gasteiger partial charge in [0.15, 0.2) is 11.6 Å². The Morgan fingerprint density at radius 3 is 2.33 bits per heavy atom. The van der Waals surface area contributed by atoms with Gasteiger partial charge < -0.3 is 26.2 Å². The molecule has 290 valence electrons. The van der Waals surface area contributed by atoms with Gasteiger partial charge in [-0.1, -0.05) is 50.7 Å². The van der Waals surface area contributed by atoms with E-state index in [0.29, 0.717) is 36.6 Å². The number of nitrogens with two attached hydrogens (primary N) is 1. The Hall–Kier alpha value is -5.53. The number of hydrogen-bond acceptors (Lipinski definition) is 11. The van der Waals surface area contributed by atoms with Gasteiger partial charge in [-0.25, -0.2) is 0 Å². The fourth-order valence-electron chi connectivity index (χ4n) is 8.78. The number of aromatic hydroxyl groups is 1. The molecule has 5 amide bonds. The molecule has 2 bridgehead atoms. The lowest BCUT2D eigenvalue weighted by atomic mass is 9.35. The number of amides is 5. The van der Waals surface area contributed by atoms with Gasteiger partial charge in [0.05, 0.1) is 17.7 Å². The van der Waals surface area contributed by atoms with Crippen LogP contribution in [0, 0.1) is 10.8 Å². The number of piperidine rings is 1. The zero-order chi connectivity index (χ0) is 38.6. The van der Waals surface area contributed by atoms with Crippen LogP contribution in [0.2, 0.25) is 0 Å². The van der Waals surface area contributed by atoms with Gasteiger partial charge in [0.25, 0.3) is 11.8 Å². The van der Waals surface area contributed by atoms with E-state index < -0.39 is 29.7 Å². The molecular formula is C41H49N7O7. The molecule has 1 aromatic heterocycles. The predicted molar refractivity (Wildman–Crippen MR) is 204 cm³/mol. The summed E-state index contributed by atoms with van der Waals surface area (Å²) in [4.78, 5) is 63.2. The number of ether oxygens (including phenoxy) is 1. The normalized spacial score (nSPS) is 22.4. The monoisotopic (exact) mass is 751 g/mol. The van der Waals surface area contributed by atoms with E-state index in [4.69, 9.17) is 10.5 Å². The van der Waals surface area contributed by atoms with E-state index in [0.717, 1.165) is 87.8 Å². The second kappa shape index (κ2) is 16.1. The molecule has 1 atom stereocenters. The molecule has 5 aliphatic rings. The van der Waals surface area contributed by atoms with Gasteiger partial charge in [-0.2, -0.15) is 0 Å². The van der Waals surface area contributed by atoms with E-state index in [9.17, 15) is 29.1 Å². The third kappa shape index (κ3) is 8.27. The van der Waals surface area contributed by atoms with Crippen LogP contribution in [0.15, 0.2) is 48.5 Å². The van der Waals surface area contributed by atoms with Gasteiger partial charge in [-0.05, 0) is 74.3 Å². The first-order chi connectivity index (χ1) is 26.6. The zero-order valence-corrected chi connectivity index (χ0v) is 31.0. The van der Waals surface area contributed by atoms with Crippen molar-refractivity contribution < 1.29 is 33.8 Å². The number of benzene rings is 2. The molecule has 14 nitrogen and oxygen atoms in total. The highest BCUT2D eigenvalue weighted by molar-refractivity contribution is 6.23. The van der Waals surface area contributed by atoms with Gasteiger partial charge >= 0.3 is 0 Å². The molecule has 4 fully saturated rings. The van der Waals surface area contributed by atoms with E-state index in [-0.39, 0.29) is 52.3 Å². The number of unbranched alkanes of at least 4 members (excludes halogenated alkanes) is 7. The molecule has 14 heteroatoms. The second-order valence-corrected chi connectivity index (χ2v) is 15.8. The highest BCUT2D eigenvalue weighted by Crippen LogP contribution is 2.73. The number of anilines is 2. The van der Waals surface area contributed by atoms with Crippen molar-refractivity contribution in [3.8, 4) is 22.8 Å². The minimum absolute atomic E-state index is 0.0911. The van der Waals surface area contributed by atoms with E-state index in [1.807, 2.05) is 6.07 Å². The van der Waals surface area contributed by atoms with Crippen LogP contribution in [0.5, 0.6) is 11.5 Å². The topological polar surface area (TPSA) is 206 Å². The van der Waals surface area contributed by atoms with E-state index in [2.05, 4.69) is 26.1 Å². The number of phenols is 1. The summed E-state index contributed by atoms with van der Waals surface area (Å²) in [5.41, 5.74) is 8.69. The molecule has 2 aliphatic heterocycles. The first-order valence-electron chi connectivity index (χ1n) is 19.5. The Balaban J connectivity index is 0.702. The number of para-hydroxylation sites is 1. The molecule has 1 unspecified atom stereocenters. The fourth-order valence-corrected chi connectivity index (χ4v) is 8.78. The van der Waals surface area contributed by atoms with Crippen LogP contribution < -0.4 is 26.4 Å². The predicted octanol–water partition coefficient (Wildman–Crippen LogP) is 5.12. The van der Waals surface area contributed by atoms with Crippen molar-refractivity contribution in [1.82, 2.24) is 25.7 Å². The summed E-state index contributed by atoms with van der Waals surface area (Å²) in [6.45, 7) is 1.99. The number of nitrogen functional groups attached to an aromatic ring is 1. The Bertz CT molecular complexity index is 1960. The minimum Gasteiger partial charge on any atom is -0.507 e. The second-order valence-electron chi connectivity index (χ2n) is 15.8. The summed E-state index contributed by atoms with van der Waals surface area (Å²) in [7, 11) is 0. The number of fused-ring (bicyclic) bond motifs is 1. The fraction of sp³-hybridized carbons (Fsp3) is 0.488. The number of phenolic OH excluding ortho intramolecular Hbond substituents is 1. The average molecular weight is 752 g/mol. The number of hydrogen-bond donors (Lipinski definition) is 5. The summed E-state index contributed by atoms with van der Waals surface area (Å²) < 4.78 is 6.09. The molecule has 3 aliphatic carbocycles. The summed E-state index contributed by atoms with van der Waals surface area (Å²) in [6.07, 6.45) is 12.4. The number of carbonyl (C=O) groups is 5. The van der Waals surface area contributed by atoms with E-state index in [1.54, 1.807) is 42.5 Å². The summed E-state index contributed by atoms with van der Waals surface area (Å²) >= 11 is 0. The highest BCUT2D eigenvalue weighted by atomic mass is 16.5. The number of nitrogens with one attached hydrogen (secondary N) is 3. The Morgan fingerprint density at radius 2 is 1.58 bits per heavy atom. The van der Waals surface area contributed by atoms with Crippen LogP contribution in [0.4, 0.5) is 11.5 Å². The van der Waals surface area contributed by atoms with Crippen molar-refractivity contribution in [3.05, 3.63) is 59.7 Å². The van der Waals surface area contributed by atoms with Crippen LogP contribution in [-0.4, -0.2) is 75.5 Å². The van der Waals surface area contributed by atoms with E-state index in [1.165, 1.54) is 0 Å². The molecule has 3 aromatic rings. The lowest BCUT2D eigenvalue weighted by Gasteiger charge is -2.70. The Labute approximate surface area is 320 Å². The van der Waals surface area contributed by atoms with Gasteiger partial charge in [-0.15, -0.1) is 10.2 Å². The molecule has 0 spiro atoms. The highest BCUT2D eigenvalue weighted by Gasteiger charge is 2.67. The van der Waals surface area contributed by atoms with Crippen LogP contribution in [0.1, 0.15) is 111 Å². The summed E-state index contributed by atoms with van der Waals surface area (Å²) in [5.74, 6) is -1.09. The van der Waals surface area contributed by atoms with Crippen LogP contribution in [-0.2, 0) is 14.4 Å². The lowest BCUT2D eigenvalue weighted by molar-refractivity contribution is -0.215. The molecule has 3 saturated carbocycles. The maximum atomic E-state index is 13.0. The molecule has 55 heavy (non-hydrogen) atoms. The third-order valence-corrected chi connectivity index (χ3v) is 11.5. The maximum absolute atomic E-state index is 13.0. The largest absolute Gasteiger partial charge is 0.507 e. The van der Waals surface area contributed by atoms with Crippen molar-refractivity contribution in [3.63, 3.8) is 0 Å². The SMILES string of the molecule is Nc1nnc(-c2ccccc2O)cc1OCC12CC(CNC(=O)CCCCCCCCCCNc3ccc4c(c3)C(=O)N(C3CCC(=O)NC3=O)C4=O)(C1)C2. The number of carbonyl (C=O) groups excluding carboxylic acids is 5. The number of nitrogens with zero attached hydrogens (tertiary/aromatic N) is 3. The summed E-state index contributed by atoms with van der Waals surface area (Å²) in [5, 5.41) is 27.0. The van der Waals surface area contributed by atoms with Gasteiger partial charge in [0.1, 0.15) is 17.5 Å². The van der Waals surface area contributed by atoms with Gasteiger partial charge in [0.2, 0.25) is 17.7 Å². The van der Waals surface area contributed by atoms with Crippen LogP contribution in [0.3, 0.4) is 0 Å². The molecule has 8 rings (SSSR count). The Morgan fingerprint density at radius 1 is 0.873 bits per heavy atom. The number of aromatic nitrogens is 2. The number of imide groups is 2. The summed E-state index contributed by atoms with van der Waals surface area (Å²) in [6, 6.07) is 12.7. The van der Waals surface area contributed by atoms with Crippen molar-refractivity contribution in [1.29, 1.82) is 0 Å². The third-order valence-electron chi connectivity index (χ3n) is 11.5.